The maximum atomic E-state index is 12.5. The summed E-state index contributed by atoms with van der Waals surface area (Å²) in [6.45, 7) is 2.07. The number of rotatable bonds is 6. The second-order valence-corrected chi connectivity index (χ2v) is 7.41. The fourth-order valence-corrected chi connectivity index (χ4v) is 3.67. The van der Waals surface area contributed by atoms with E-state index in [0.717, 1.165) is 23.1 Å². The van der Waals surface area contributed by atoms with Gasteiger partial charge in [0.2, 0.25) is 11.8 Å². The summed E-state index contributed by atoms with van der Waals surface area (Å²) in [6.07, 6.45) is 1.92. The second-order valence-electron chi connectivity index (χ2n) is 6.36. The third-order valence-electron chi connectivity index (χ3n) is 4.36. The topological polar surface area (TPSA) is 86.7 Å². The fraction of sp³-hybridized carbons (Fsp3) is 0.190. The van der Waals surface area contributed by atoms with Gasteiger partial charge in [0.15, 0.2) is 0 Å². The zero-order valence-corrected chi connectivity index (χ0v) is 16.2. The Morgan fingerprint density at radius 3 is 2.57 bits per heavy atom. The zero-order valence-electron chi connectivity index (χ0n) is 15.3. The molecule has 2 amide bonds. The van der Waals surface area contributed by atoms with Gasteiger partial charge in [0.25, 0.3) is 0 Å². The number of nitrogens with one attached hydrogen (secondary N) is 1. The number of anilines is 2. The first-order valence-corrected chi connectivity index (χ1v) is 9.76. The Labute approximate surface area is 167 Å². The van der Waals surface area contributed by atoms with Crippen molar-refractivity contribution in [1.29, 1.82) is 0 Å². The molecule has 2 N–H and O–H groups in total. The number of nitrogens with zero attached hydrogens (tertiary/aromatic N) is 1. The van der Waals surface area contributed by atoms with Gasteiger partial charge >= 0.3 is 5.97 Å². The molecule has 28 heavy (non-hydrogen) atoms. The van der Waals surface area contributed by atoms with Crippen LogP contribution in [0.1, 0.15) is 12.5 Å². The first-order chi connectivity index (χ1) is 13.4. The van der Waals surface area contributed by atoms with Gasteiger partial charge in [0, 0.05) is 34.5 Å². The number of amides is 2. The minimum atomic E-state index is -1.13. The highest BCUT2D eigenvalue weighted by molar-refractivity contribution is 8.00. The number of thioether (sulfide) groups is 1. The summed E-state index contributed by atoms with van der Waals surface area (Å²) in [5, 5.41) is 11.4. The monoisotopic (exact) mass is 396 g/mol. The van der Waals surface area contributed by atoms with E-state index >= 15 is 0 Å². The van der Waals surface area contributed by atoms with Crippen molar-refractivity contribution < 1.29 is 19.5 Å². The SMILES string of the molecule is C/C(=C\C(=O)Nc1ccc(SCC(=O)N2CCc3ccccc32)cc1)C(=O)O. The number of aliphatic carboxylic acids is 1. The molecule has 2 aromatic carbocycles. The number of hydrogen-bond acceptors (Lipinski definition) is 4. The van der Waals surface area contributed by atoms with Crippen molar-refractivity contribution in [2.24, 2.45) is 0 Å². The number of benzene rings is 2. The quantitative estimate of drug-likeness (QED) is 0.578. The lowest BCUT2D eigenvalue weighted by molar-refractivity contribution is -0.132. The van der Waals surface area contributed by atoms with Crippen molar-refractivity contribution in [2.75, 3.05) is 22.5 Å². The average Bonchev–Trinajstić information content (AvgIpc) is 3.11. The smallest absolute Gasteiger partial charge is 0.331 e. The molecule has 0 atom stereocenters. The van der Waals surface area contributed by atoms with Crippen LogP contribution in [0.4, 0.5) is 11.4 Å². The van der Waals surface area contributed by atoms with Gasteiger partial charge in [-0.05, 0) is 49.2 Å². The molecule has 2 aromatic rings. The molecule has 0 unspecified atom stereocenters. The van der Waals surface area contributed by atoms with Gasteiger partial charge < -0.3 is 15.3 Å². The van der Waals surface area contributed by atoms with Crippen LogP contribution in [0.5, 0.6) is 0 Å². The maximum absolute atomic E-state index is 12.5. The van der Waals surface area contributed by atoms with Gasteiger partial charge in [0.1, 0.15) is 0 Å². The van der Waals surface area contributed by atoms with Gasteiger partial charge in [-0.15, -0.1) is 11.8 Å². The number of carbonyl (C=O) groups is 3. The predicted octanol–water partition coefficient (Wildman–Crippen LogP) is 3.34. The highest BCUT2D eigenvalue weighted by atomic mass is 32.2. The molecule has 0 aromatic heterocycles. The van der Waals surface area contributed by atoms with Gasteiger partial charge in [-0.1, -0.05) is 18.2 Å². The lowest BCUT2D eigenvalue weighted by Crippen LogP contribution is -2.30. The normalized spacial score (nSPS) is 13.2. The Balaban J connectivity index is 1.54. The van der Waals surface area contributed by atoms with Crippen molar-refractivity contribution in [3.8, 4) is 0 Å². The number of carboxylic acids is 1. The first-order valence-electron chi connectivity index (χ1n) is 8.78. The summed E-state index contributed by atoms with van der Waals surface area (Å²) in [5.41, 5.74) is 2.72. The number of carbonyl (C=O) groups excluding carboxylic acids is 2. The van der Waals surface area contributed by atoms with Crippen molar-refractivity contribution in [2.45, 2.75) is 18.2 Å². The number of fused-ring (bicyclic) bond motifs is 1. The van der Waals surface area contributed by atoms with E-state index in [9.17, 15) is 14.4 Å². The minimum absolute atomic E-state index is 0.0355. The van der Waals surface area contributed by atoms with Crippen LogP contribution < -0.4 is 10.2 Å². The van der Waals surface area contributed by atoms with E-state index in [1.165, 1.54) is 24.2 Å². The fourth-order valence-electron chi connectivity index (χ4n) is 2.89. The molecule has 1 heterocycles. The van der Waals surface area contributed by atoms with E-state index in [2.05, 4.69) is 11.4 Å². The molecule has 0 bridgehead atoms. The van der Waals surface area contributed by atoms with E-state index in [1.54, 1.807) is 12.1 Å². The van der Waals surface area contributed by atoms with Gasteiger partial charge in [-0.3, -0.25) is 9.59 Å². The first kappa shape index (κ1) is 19.7. The molecule has 3 rings (SSSR count). The lowest BCUT2D eigenvalue weighted by atomic mass is 10.2. The molecule has 6 nitrogen and oxygen atoms in total. The molecule has 0 aliphatic carbocycles. The van der Waals surface area contributed by atoms with E-state index < -0.39 is 11.9 Å². The summed E-state index contributed by atoms with van der Waals surface area (Å²) in [7, 11) is 0. The highest BCUT2D eigenvalue weighted by Gasteiger charge is 2.23. The molecule has 0 fully saturated rings. The van der Waals surface area contributed by atoms with E-state index in [1.807, 2.05) is 35.2 Å². The molecule has 144 valence electrons. The van der Waals surface area contributed by atoms with Gasteiger partial charge in [-0.25, -0.2) is 4.79 Å². The third kappa shape index (κ3) is 4.80. The van der Waals surface area contributed by atoms with Crippen molar-refractivity contribution in [3.05, 3.63) is 65.7 Å². The number of para-hydroxylation sites is 1. The molecule has 7 heteroatoms. The van der Waals surface area contributed by atoms with Crippen LogP contribution in [0.2, 0.25) is 0 Å². The largest absolute Gasteiger partial charge is 0.478 e. The van der Waals surface area contributed by atoms with E-state index in [-0.39, 0.29) is 11.5 Å². The number of carboxylic acid groups (broad SMARTS) is 1. The molecule has 0 spiro atoms. The van der Waals surface area contributed by atoms with Crippen LogP contribution in [0.25, 0.3) is 0 Å². The standard InChI is InChI=1S/C21H20N2O4S/c1-14(21(26)27)12-19(24)22-16-6-8-17(9-7-16)28-13-20(25)23-11-10-15-4-2-3-5-18(15)23/h2-9,12H,10-11,13H2,1H3,(H,22,24)(H,26,27)/b14-12+. The zero-order chi connectivity index (χ0) is 20.1. The highest BCUT2D eigenvalue weighted by Crippen LogP contribution is 2.29. The third-order valence-corrected chi connectivity index (χ3v) is 5.35. The average molecular weight is 396 g/mol. The summed E-state index contributed by atoms with van der Waals surface area (Å²) in [4.78, 5) is 37.8. The summed E-state index contributed by atoms with van der Waals surface area (Å²) >= 11 is 1.44. The van der Waals surface area contributed by atoms with Crippen LogP contribution >= 0.6 is 11.8 Å². The Bertz CT molecular complexity index is 938. The Hall–Kier alpha value is -3.06. The van der Waals surface area contributed by atoms with Crippen LogP contribution in [-0.2, 0) is 20.8 Å². The minimum Gasteiger partial charge on any atom is -0.478 e. The van der Waals surface area contributed by atoms with Gasteiger partial charge in [0.05, 0.1) is 5.75 Å². The van der Waals surface area contributed by atoms with Gasteiger partial charge in [-0.2, -0.15) is 0 Å². The Morgan fingerprint density at radius 1 is 1.14 bits per heavy atom. The Morgan fingerprint density at radius 2 is 1.86 bits per heavy atom. The molecule has 1 aliphatic heterocycles. The van der Waals surface area contributed by atoms with E-state index in [4.69, 9.17) is 5.11 Å². The van der Waals surface area contributed by atoms with Crippen LogP contribution in [-0.4, -0.2) is 35.2 Å². The summed E-state index contributed by atoms with van der Waals surface area (Å²) < 4.78 is 0. The lowest BCUT2D eigenvalue weighted by Gasteiger charge is -2.17. The Kier molecular flexibility index (Phi) is 6.16. The molecule has 0 radical (unpaired) electrons. The predicted molar refractivity (Wildman–Crippen MR) is 110 cm³/mol. The maximum Gasteiger partial charge on any atom is 0.331 e. The molecule has 1 aliphatic rings. The van der Waals surface area contributed by atoms with Crippen LogP contribution in [0.3, 0.4) is 0 Å². The molecular formula is C21H20N2O4S. The summed E-state index contributed by atoms with van der Waals surface area (Å²) in [6, 6.07) is 15.0. The van der Waals surface area contributed by atoms with E-state index in [0.29, 0.717) is 18.0 Å². The second kappa shape index (κ2) is 8.75. The van der Waals surface area contributed by atoms with Crippen molar-refractivity contribution in [1.82, 2.24) is 0 Å². The van der Waals surface area contributed by atoms with Crippen LogP contribution in [0, 0.1) is 0 Å². The molecule has 0 saturated carbocycles. The van der Waals surface area contributed by atoms with Crippen LogP contribution in [0.15, 0.2) is 65.1 Å². The summed E-state index contributed by atoms with van der Waals surface area (Å²) in [5.74, 6) is -1.22. The van der Waals surface area contributed by atoms with Crippen molar-refractivity contribution >= 4 is 40.9 Å². The number of hydrogen-bond donors (Lipinski definition) is 2. The van der Waals surface area contributed by atoms with Crippen molar-refractivity contribution in [3.63, 3.8) is 0 Å². The molecule has 0 saturated heterocycles. The molecular weight excluding hydrogens is 376 g/mol.